The van der Waals surface area contributed by atoms with Gasteiger partial charge in [-0.2, -0.15) is 0 Å². The molecule has 0 saturated heterocycles. The van der Waals surface area contributed by atoms with Crippen molar-refractivity contribution in [3.05, 3.63) is 70.2 Å². The molecule has 0 fully saturated rings. The number of halogens is 1. The number of thioether (sulfide) groups is 1. The van der Waals surface area contributed by atoms with Gasteiger partial charge in [0.2, 0.25) is 11.8 Å². The number of amides is 2. The molecule has 0 atom stereocenters. The highest BCUT2D eigenvalue weighted by molar-refractivity contribution is 8.01. The lowest BCUT2D eigenvalue weighted by atomic mass is 10.1. The van der Waals surface area contributed by atoms with Gasteiger partial charge < -0.3 is 10.6 Å². The summed E-state index contributed by atoms with van der Waals surface area (Å²) in [4.78, 5) is 28.9. The summed E-state index contributed by atoms with van der Waals surface area (Å²) in [5, 5.41) is 8.20. The van der Waals surface area contributed by atoms with E-state index in [1.807, 2.05) is 17.5 Å². The highest BCUT2D eigenvalue weighted by atomic mass is 35.5. The lowest BCUT2D eigenvalue weighted by Crippen LogP contribution is -2.14. The first-order valence-electron chi connectivity index (χ1n) is 10.0. The highest BCUT2D eigenvalue weighted by Crippen LogP contribution is 2.23. The molecule has 0 radical (unpaired) electrons. The number of benzene rings is 2. The smallest absolute Gasteiger partial charge is 0.234 e. The SMILES string of the molecule is CCCCc1ccc(NC(=O)Cc2csc(SCC(=O)Nc3ccc(Cl)cc3)n2)cc1. The lowest BCUT2D eigenvalue weighted by molar-refractivity contribution is -0.116. The number of carbonyl (C=O) groups is 2. The van der Waals surface area contributed by atoms with E-state index in [2.05, 4.69) is 34.7 Å². The number of aromatic nitrogens is 1. The van der Waals surface area contributed by atoms with Crippen molar-refractivity contribution in [1.82, 2.24) is 4.98 Å². The third kappa shape index (κ3) is 8.01. The van der Waals surface area contributed by atoms with Crippen LogP contribution in [0.3, 0.4) is 0 Å². The van der Waals surface area contributed by atoms with E-state index in [9.17, 15) is 9.59 Å². The molecule has 162 valence electrons. The van der Waals surface area contributed by atoms with E-state index in [1.54, 1.807) is 24.3 Å². The van der Waals surface area contributed by atoms with Crippen LogP contribution in [0.2, 0.25) is 5.02 Å². The van der Waals surface area contributed by atoms with Gasteiger partial charge in [-0.05, 0) is 54.8 Å². The Bertz CT molecular complexity index is 1000. The van der Waals surface area contributed by atoms with Gasteiger partial charge in [-0.25, -0.2) is 4.98 Å². The second-order valence-corrected chi connectivity index (χ2v) is 9.49. The Morgan fingerprint density at radius 2 is 1.65 bits per heavy atom. The molecule has 8 heteroatoms. The fraction of sp³-hybridized carbons (Fsp3) is 0.261. The first kappa shape index (κ1) is 23.3. The molecule has 5 nitrogen and oxygen atoms in total. The van der Waals surface area contributed by atoms with E-state index in [4.69, 9.17) is 11.6 Å². The van der Waals surface area contributed by atoms with Crippen LogP contribution in [-0.4, -0.2) is 22.6 Å². The topological polar surface area (TPSA) is 71.1 Å². The van der Waals surface area contributed by atoms with Crippen LogP contribution in [0.4, 0.5) is 11.4 Å². The van der Waals surface area contributed by atoms with Crippen LogP contribution in [0.25, 0.3) is 0 Å². The first-order chi connectivity index (χ1) is 15.0. The van der Waals surface area contributed by atoms with Gasteiger partial charge in [0.1, 0.15) is 0 Å². The molecule has 3 aromatic rings. The van der Waals surface area contributed by atoms with E-state index >= 15 is 0 Å². The maximum absolute atomic E-state index is 12.3. The summed E-state index contributed by atoms with van der Waals surface area (Å²) >= 11 is 8.62. The van der Waals surface area contributed by atoms with E-state index in [0.717, 1.165) is 16.4 Å². The molecule has 0 bridgehead atoms. The second-order valence-electron chi connectivity index (χ2n) is 6.97. The van der Waals surface area contributed by atoms with Crippen LogP contribution in [-0.2, 0) is 22.4 Å². The molecule has 0 spiro atoms. The maximum Gasteiger partial charge on any atom is 0.234 e. The van der Waals surface area contributed by atoms with Crippen molar-refractivity contribution in [2.24, 2.45) is 0 Å². The second kappa shape index (κ2) is 11.9. The standard InChI is InChI=1S/C23H24ClN3O2S2/c1-2-3-4-16-5-9-18(10-6-16)25-21(28)13-20-14-30-23(27-20)31-15-22(29)26-19-11-7-17(24)8-12-19/h5-12,14H,2-4,13,15H2,1H3,(H,25,28)(H,26,29). The van der Waals surface area contributed by atoms with Crippen LogP contribution in [0.5, 0.6) is 0 Å². The third-order valence-corrected chi connectivity index (χ3v) is 6.71. The molecule has 1 heterocycles. The van der Waals surface area contributed by atoms with Crippen molar-refractivity contribution >= 4 is 57.9 Å². The summed E-state index contributed by atoms with van der Waals surface area (Å²) in [6.45, 7) is 2.17. The van der Waals surface area contributed by atoms with Crippen molar-refractivity contribution in [3.8, 4) is 0 Å². The Morgan fingerprint density at radius 3 is 2.32 bits per heavy atom. The molecule has 2 N–H and O–H groups in total. The molecule has 3 rings (SSSR count). The number of anilines is 2. The number of carbonyl (C=O) groups excluding carboxylic acids is 2. The predicted octanol–water partition coefficient (Wildman–Crippen LogP) is 6.05. The molecule has 0 aliphatic carbocycles. The number of hydrogen-bond acceptors (Lipinski definition) is 5. The Hall–Kier alpha value is -2.35. The zero-order chi connectivity index (χ0) is 22.1. The van der Waals surface area contributed by atoms with E-state index in [-0.39, 0.29) is 24.0 Å². The molecule has 0 unspecified atom stereocenters. The average molecular weight is 474 g/mol. The summed E-state index contributed by atoms with van der Waals surface area (Å²) in [6, 6.07) is 14.9. The normalized spacial score (nSPS) is 10.6. The highest BCUT2D eigenvalue weighted by Gasteiger charge is 2.11. The monoisotopic (exact) mass is 473 g/mol. The van der Waals surface area contributed by atoms with Crippen LogP contribution >= 0.6 is 34.7 Å². The summed E-state index contributed by atoms with van der Waals surface area (Å²) < 4.78 is 0.759. The molecule has 31 heavy (non-hydrogen) atoms. The van der Waals surface area contributed by atoms with Crippen LogP contribution in [0.15, 0.2) is 58.3 Å². The van der Waals surface area contributed by atoms with E-state index in [0.29, 0.717) is 16.4 Å². The summed E-state index contributed by atoms with van der Waals surface area (Å²) in [7, 11) is 0. The minimum absolute atomic E-state index is 0.108. The van der Waals surface area contributed by atoms with Gasteiger partial charge >= 0.3 is 0 Å². The number of thiazole rings is 1. The number of aryl methyl sites for hydroxylation is 1. The van der Waals surface area contributed by atoms with Gasteiger partial charge in [-0.1, -0.05) is 48.8 Å². The van der Waals surface area contributed by atoms with E-state index in [1.165, 1.54) is 41.5 Å². The Labute approximate surface area is 195 Å². The van der Waals surface area contributed by atoms with Crippen molar-refractivity contribution in [2.45, 2.75) is 36.9 Å². The van der Waals surface area contributed by atoms with Gasteiger partial charge in [-0.3, -0.25) is 9.59 Å². The van der Waals surface area contributed by atoms with Crippen LogP contribution in [0, 0.1) is 0 Å². The molecular weight excluding hydrogens is 450 g/mol. The minimum Gasteiger partial charge on any atom is -0.326 e. The molecular formula is C23H24ClN3O2S2. The Morgan fingerprint density at radius 1 is 1.00 bits per heavy atom. The first-order valence-corrected chi connectivity index (χ1v) is 12.3. The van der Waals surface area contributed by atoms with Crippen LogP contribution < -0.4 is 10.6 Å². The van der Waals surface area contributed by atoms with Gasteiger partial charge in [0.15, 0.2) is 4.34 Å². The Balaban J connectivity index is 1.43. The molecule has 0 aliphatic rings. The quantitative estimate of drug-likeness (QED) is 0.351. The average Bonchev–Trinajstić information content (AvgIpc) is 3.20. The summed E-state index contributed by atoms with van der Waals surface area (Å²) in [5.41, 5.74) is 3.46. The zero-order valence-electron chi connectivity index (χ0n) is 17.2. The van der Waals surface area contributed by atoms with Crippen molar-refractivity contribution < 1.29 is 9.59 Å². The van der Waals surface area contributed by atoms with Crippen LogP contribution in [0.1, 0.15) is 31.0 Å². The van der Waals surface area contributed by atoms with Crippen molar-refractivity contribution in [2.75, 3.05) is 16.4 Å². The van der Waals surface area contributed by atoms with Crippen molar-refractivity contribution in [1.29, 1.82) is 0 Å². The largest absolute Gasteiger partial charge is 0.326 e. The molecule has 1 aromatic heterocycles. The minimum atomic E-state index is -0.121. The Kier molecular flexibility index (Phi) is 8.94. The van der Waals surface area contributed by atoms with Gasteiger partial charge in [-0.15, -0.1) is 11.3 Å². The fourth-order valence-electron chi connectivity index (χ4n) is 2.80. The number of nitrogens with zero attached hydrogens (tertiary/aromatic N) is 1. The van der Waals surface area contributed by atoms with Crippen molar-refractivity contribution in [3.63, 3.8) is 0 Å². The van der Waals surface area contributed by atoms with Gasteiger partial charge in [0.05, 0.1) is 17.9 Å². The molecule has 0 aliphatic heterocycles. The lowest BCUT2D eigenvalue weighted by Gasteiger charge is -2.06. The number of hydrogen-bond donors (Lipinski definition) is 2. The number of rotatable bonds is 10. The third-order valence-electron chi connectivity index (χ3n) is 4.38. The van der Waals surface area contributed by atoms with Gasteiger partial charge in [0.25, 0.3) is 0 Å². The summed E-state index contributed by atoms with van der Waals surface area (Å²) in [5.74, 6) is 0.0134. The molecule has 2 amide bonds. The van der Waals surface area contributed by atoms with E-state index < -0.39 is 0 Å². The number of unbranched alkanes of at least 4 members (excludes halogenated alkanes) is 1. The molecule has 2 aromatic carbocycles. The number of nitrogens with one attached hydrogen (secondary N) is 2. The molecule has 0 saturated carbocycles. The summed E-state index contributed by atoms with van der Waals surface area (Å²) in [6.07, 6.45) is 3.59. The fourth-order valence-corrected chi connectivity index (χ4v) is 4.57. The predicted molar refractivity (Wildman–Crippen MR) is 130 cm³/mol. The zero-order valence-corrected chi connectivity index (χ0v) is 19.6. The maximum atomic E-state index is 12.3. The van der Waals surface area contributed by atoms with Gasteiger partial charge in [0, 0.05) is 21.8 Å².